The van der Waals surface area contributed by atoms with E-state index >= 15 is 0 Å². The van der Waals surface area contributed by atoms with Crippen molar-refractivity contribution >= 4 is 21.5 Å². The molecule has 90 valence electrons. The van der Waals surface area contributed by atoms with Crippen LogP contribution in [0.4, 0.5) is 11.6 Å². The molecule has 0 saturated carbocycles. The predicted octanol–water partition coefficient (Wildman–Crippen LogP) is 0.212. The molecule has 0 aliphatic rings. The van der Waals surface area contributed by atoms with Crippen LogP contribution in [-0.4, -0.2) is 36.4 Å². The highest BCUT2D eigenvalue weighted by molar-refractivity contribution is 7.90. The van der Waals surface area contributed by atoms with E-state index in [1.54, 1.807) is 19.9 Å². The van der Waals surface area contributed by atoms with Gasteiger partial charge in [0.15, 0.2) is 0 Å². The smallest absolute Gasteiger partial charge is 0.149 e. The van der Waals surface area contributed by atoms with Crippen molar-refractivity contribution in [3.8, 4) is 0 Å². The molecule has 0 bridgehead atoms. The van der Waals surface area contributed by atoms with E-state index in [-0.39, 0.29) is 11.8 Å². The Kier molecular flexibility index (Phi) is 3.69. The SMILES string of the molecule is Cc1nc(N)cc(NC(C)CS(C)(=O)=O)n1. The Bertz CT molecular complexity index is 452. The number of sulfone groups is 1. The average molecular weight is 244 g/mol. The van der Waals surface area contributed by atoms with Gasteiger partial charge in [0, 0.05) is 18.4 Å². The molecule has 1 unspecified atom stereocenters. The Morgan fingerprint density at radius 3 is 2.62 bits per heavy atom. The van der Waals surface area contributed by atoms with Gasteiger partial charge in [-0.25, -0.2) is 18.4 Å². The largest absolute Gasteiger partial charge is 0.384 e. The molecule has 0 aliphatic carbocycles. The lowest BCUT2D eigenvalue weighted by atomic mass is 10.4. The summed E-state index contributed by atoms with van der Waals surface area (Å²) in [6.45, 7) is 3.50. The monoisotopic (exact) mass is 244 g/mol. The summed E-state index contributed by atoms with van der Waals surface area (Å²) in [6.07, 6.45) is 1.20. The van der Waals surface area contributed by atoms with Crippen molar-refractivity contribution in [3.63, 3.8) is 0 Å². The van der Waals surface area contributed by atoms with Gasteiger partial charge in [-0.3, -0.25) is 0 Å². The zero-order valence-corrected chi connectivity index (χ0v) is 10.4. The van der Waals surface area contributed by atoms with E-state index < -0.39 is 9.84 Å². The second-order valence-corrected chi connectivity index (χ2v) is 6.05. The Morgan fingerprint density at radius 1 is 1.50 bits per heavy atom. The molecular formula is C9H16N4O2S. The van der Waals surface area contributed by atoms with Crippen molar-refractivity contribution < 1.29 is 8.42 Å². The maximum absolute atomic E-state index is 11.1. The Labute approximate surface area is 95.2 Å². The van der Waals surface area contributed by atoms with Crippen LogP contribution in [-0.2, 0) is 9.84 Å². The average Bonchev–Trinajstić information content (AvgIpc) is 1.96. The maximum Gasteiger partial charge on any atom is 0.149 e. The molecule has 0 saturated heterocycles. The second-order valence-electron chi connectivity index (χ2n) is 3.86. The van der Waals surface area contributed by atoms with Crippen LogP contribution in [0.25, 0.3) is 0 Å². The Hall–Kier alpha value is -1.37. The molecule has 1 heterocycles. The van der Waals surface area contributed by atoms with Crippen molar-refractivity contribution in [2.45, 2.75) is 19.9 Å². The van der Waals surface area contributed by atoms with Crippen molar-refractivity contribution in [2.24, 2.45) is 0 Å². The zero-order chi connectivity index (χ0) is 12.3. The van der Waals surface area contributed by atoms with Crippen LogP contribution >= 0.6 is 0 Å². The summed E-state index contributed by atoms with van der Waals surface area (Å²) in [5, 5.41) is 2.97. The Morgan fingerprint density at radius 2 is 2.12 bits per heavy atom. The summed E-state index contributed by atoms with van der Waals surface area (Å²) in [5.41, 5.74) is 5.55. The number of aromatic nitrogens is 2. The second kappa shape index (κ2) is 4.65. The third-order valence-electron chi connectivity index (χ3n) is 1.80. The molecular weight excluding hydrogens is 228 g/mol. The van der Waals surface area contributed by atoms with Crippen LogP contribution in [0.3, 0.4) is 0 Å². The number of aryl methyl sites for hydroxylation is 1. The fourth-order valence-corrected chi connectivity index (χ4v) is 2.40. The van der Waals surface area contributed by atoms with Crippen LogP contribution in [0, 0.1) is 6.92 Å². The first-order chi connectivity index (χ1) is 7.26. The minimum Gasteiger partial charge on any atom is -0.384 e. The van der Waals surface area contributed by atoms with E-state index in [2.05, 4.69) is 15.3 Å². The van der Waals surface area contributed by atoms with Gasteiger partial charge in [-0.15, -0.1) is 0 Å². The highest BCUT2D eigenvalue weighted by Crippen LogP contribution is 2.09. The number of hydrogen-bond acceptors (Lipinski definition) is 6. The van der Waals surface area contributed by atoms with E-state index in [1.165, 1.54) is 6.26 Å². The van der Waals surface area contributed by atoms with E-state index in [0.29, 0.717) is 17.5 Å². The van der Waals surface area contributed by atoms with E-state index in [9.17, 15) is 8.42 Å². The summed E-state index contributed by atoms with van der Waals surface area (Å²) in [7, 11) is -3.00. The predicted molar refractivity (Wildman–Crippen MR) is 64.0 cm³/mol. The lowest BCUT2D eigenvalue weighted by Crippen LogP contribution is -2.25. The third kappa shape index (κ3) is 4.43. The number of nitrogens with zero attached hydrogens (tertiary/aromatic N) is 2. The fraction of sp³-hybridized carbons (Fsp3) is 0.556. The number of anilines is 2. The van der Waals surface area contributed by atoms with Crippen molar-refractivity contribution in [3.05, 3.63) is 11.9 Å². The molecule has 16 heavy (non-hydrogen) atoms. The summed E-state index contributed by atoms with van der Waals surface area (Å²) < 4.78 is 22.1. The number of nitrogen functional groups attached to an aromatic ring is 1. The first-order valence-electron chi connectivity index (χ1n) is 4.81. The molecule has 0 radical (unpaired) electrons. The van der Waals surface area contributed by atoms with Crippen LogP contribution in [0.15, 0.2) is 6.07 Å². The van der Waals surface area contributed by atoms with E-state index in [1.807, 2.05) is 0 Å². The molecule has 3 N–H and O–H groups in total. The topological polar surface area (TPSA) is 98.0 Å². The fourth-order valence-electron chi connectivity index (χ4n) is 1.41. The Balaban J connectivity index is 2.73. The lowest BCUT2D eigenvalue weighted by molar-refractivity contribution is 0.598. The van der Waals surface area contributed by atoms with Crippen LogP contribution in [0.2, 0.25) is 0 Å². The van der Waals surface area contributed by atoms with Gasteiger partial charge in [0.05, 0.1) is 5.75 Å². The molecule has 0 spiro atoms. The molecule has 1 rings (SSSR count). The summed E-state index contributed by atoms with van der Waals surface area (Å²) in [6, 6.07) is 1.36. The minimum absolute atomic E-state index is 0.0515. The summed E-state index contributed by atoms with van der Waals surface area (Å²) in [5.74, 6) is 1.51. The molecule has 1 atom stereocenters. The van der Waals surface area contributed by atoms with Crippen LogP contribution in [0.5, 0.6) is 0 Å². The molecule has 1 aromatic heterocycles. The van der Waals surface area contributed by atoms with E-state index in [4.69, 9.17) is 5.73 Å². The third-order valence-corrected chi connectivity index (χ3v) is 2.91. The molecule has 0 fully saturated rings. The van der Waals surface area contributed by atoms with Gasteiger partial charge in [-0.1, -0.05) is 0 Å². The van der Waals surface area contributed by atoms with Gasteiger partial charge >= 0.3 is 0 Å². The van der Waals surface area contributed by atoms with Crippen LogP contribution in [0.1, 0.15) is 12.7 Å². The molecule has 0 amide bonds. The van der Waals surface area contributed by atoms with E-state index in [0.717, 1.165) is 0 Å². The molecule has 0 aromatic carbocycles. The number of nitrogens with one attached hydrogen (secondary N) is 1. The van der Waals surface area contributed by atoms with Crippen LogP contribution < -0.4 is 11.1 Å². The standard InChI is InChI=1S/C9H16N4O2S/c1-6(5-16(3,14)15)11-9-4-8(10)12-7(2)13-9/h4,6H,5H2,1-3H3,(H3,10,11,12,13). The number of rotatable bonds is 4. The quantitative estimate of drug-likeness (QED) is 0.785. The highest BCUT2D eigenvalue weighted by Gasteiger charge is 2.11. The van der Waals surface area contributed by atoms with Gasteiger partial charge in [-0.05, 0) is 13.8 Å². The molecule has 0 aliphatic heterocycles. The lowest BCUT2D eigenvalue weighted by Gasteiger charge is -2.13. The first kappa shape index (κ1) is 12.7. The normalized spacial score (nSPS) is 13.4. The van der Waals surface area contributed by atoms with Gasteiger partial charge < -0.3 is 11.1 Å². The minimum atomic E-state index is -3.00. The van der Waals surface area contributed by atoms with Gasteiger partial charge in [0.25, 0.3) is 0 Å². The highest BCUT2D eigenvalue weighted by atomic mass is 32.2. The van der Waals surface area contributed by atoms with Gasteiger partial charge in [-0.2, -0.15) is 0 Å². The zero-order valence-electron chi connectivity index (χ0n) is 9.56. The maximum atomic E-state index is 11.1. The molecule has 7 heteroatoms. The van der Waals surface area contributed by atoms with Crippen molar-refractivity contribution in [2.75, 3.05) is 23.1 Å². The summed E-state index contributed by atoms with van der Waals surface area (Å²) in [4.78, 5) is 8.03. The molecule has 6 nitrogen and oxygen atoms in total. The summed E-state index contributed by atoms with van der Waals surface area (Å²) >= 11 is 0. The van der Waals surface area contributed by atoms with Crippen molar-refractivity contribution in [1.29, 1.82) is 0 Å². The van der Waals surface area contributed by atoms with Crippen molar-refractivity contribution in [1.82, 2.24) is 9.97 Å². The van der Waals surface area contributed by atoms with Gasteiger partial charge in [0.2, 0.25) is 0 Å². The van der Waals surface area contributed by atoms with Gasteiger partial charge in [0.1, 0.15) is 27.3 Å². The number of nitrogens with two attached hydrogens (primary N) is 1. The molecule has 1 aromatic rings. The number of hydrogen-bond donors (Lipinski definition) is 2. The first-order valence-corrected chi connectivity index (χ1v) is 6.88.